The number of methoxy groups -OCH3 is 1. The van der Waals surface area contributed by atoms with Crippen molar-refractivity contribution in [3.8, 4) is 0 Å². The number of benzene rings is 1. The highest BCUT2D eigenvalue weighted by Gasteiger charge is 2.35. The van der Waals surface area contributed by atoms with Crippen LogP contribution >= 0.6 is 22.9 Å². The van der Waals surface area contributed by atoms with E-state index in [1.165, 1.54) is 36.6 Å². The van der Waals surface area contributed by atoms with Gasteiger partial charge < -0.3 is 19.7 Å². The first-order valence-electron chi connectivity index (χ1n) is 9.92. The fraction of sp³-hybridized carbons (Fsp3) is 0.318. The van der Waals surface area contributed by atoms with Crippen LogP contribution in [0.3, 0.4) is 0 Å². The lowest BCUT2D eigenvalue weighted by molar-refractivity contribution is -0.136. The molecule has 1 aromatic heterocycles. The molecule has 0 amide bonds. The number of aliphatic imine (C=N–C) groups is 1. The SMILES string of the molecule is C=C1COCC(C)N1CC1=C(C(=O)OC)[C@H](c2ccc(F)cc2Cl)N=C(c2nccs2)N1. The Bertz CT molecular complexity index is 1100. The number of rotatable bonds is 5. The van der Waals surface area contributed by atoms with E-state index in [0.717, 1.165) is 5.70 Å². The average Bonchev–Trinajstić information content (AvgIpc) is 3.30. The summed E-state index contributed by atoms with van der Waals surface area (Å²) in [5.74, 6) is -0.523. The van der Waals surface area contributed by atoms with Crippen molar-refractivity contribution in [3.63, 3.8) is 0 Å². The average molecular weight is 477 g/mol. The van der Waals surface area contributed by atoms with Gasteiger partial charge in [0.2, 0.25) is 0 Å². The van der Waals surface area contributed by atoms with Gasteiger partial charge in [-0.05, 0) is 19.1 Å². The molecule has 2 aliphatic heterocycles. The maximum atomic E-state index is 13.7. The summed E-state index contributed by atoms with van der Waals surface area (Å²) in [5.41, 5.74) is 2.19. The molecule has 0 saturated carbocycles. The molecule has 1 fully saturated rings. The lowest BCUT2D eigenvalue weighted by Gasteiger charge is -2.39. The van der Waals surface area contributed by atoms with Crippen LogP contribution < -0.4 is 5.32 Å². The zero-order valence-corrected chi connectivity index (χ0v) is 19.2. The first-order valence-corrected chi connectivity index (χ1v) is 11.2. The minimum atomic E-state index is -0.796. The molecule has 0 aliphatic carbocycles. The highest BCUT2D eigenvalue weighted by atomic mass is 35.5. The second-order valence-corrected chi connectivity index (χ2v) is 8.75. The number of hydrogen-bond acceptors (Lipinski definition) is 8. The first kappa shape index (κ1) is 22.4. The van der Waals surface area contributed by atoms with E-state index in [2.05, 4.69) is 21.8 Å². The number of ether oxygens (including phenoxy) is 2. The maximum absolute atomic E-state index is 13.7. The molecule has 1 aromatic carbocycles. The third kappa shape index (κ3) is 4.41. The molecule has 1 unspecified atom stereocenters. The largest absolute Gasteiger partial charge is 0.466 e. The zero-order valence-electron chi connectivity index (χ0n) is 17.6. The number of halogens is 2. The van der Waals surface area contributed by atoms with Gasteiger partial charge in [0.15, 0.2) is 10.8 Å². The molecule has 4 rings (SSSR count). The number of nitrogens with one attached hydrogen (secondary N) is 1. The van der Waals surface area contributed by atoms with Crippen molar-refractivity contribution in [3.05, 3.63) is 74.7 Å². The van der Waals surface area contributed by atoms with Crippen LogP contribution in [0.25, 0.3) is 0 Å². The second kappa shape index (κ2) is 9.40. The molecule has 168 valence electrons. The van der Waals surface area contributed by atoms with Crippen molar-refractivity contribution < 1.29 is 18.7 Å². The summed E-state index contributed by atoms with van der Waals surface area (Å²) in [7, 11) is 1.31. The number of amidine groups is 1. The summed E-state index contributed by atoms with van der Waals surface area (Å²) in [6.07, 6.45) is 1.68. The van der Waals surface area contributed by atoms with E-state index in [0.29, 0.717) is 47.4 Å². The highest BCUT2D eigenvalue weighted by Crippen LogP contribution is 2.37. The number of hydrogen-bond donors (Lipinski definition) is 1. The Morgan fingerprint density at radius 2 is 2.31 bits per heavy atom. The van der Waals surface area contributed by atoms with Crippen molar-refractivity contribution in [2.24, 2.45) is 4.99 Å². The van der Waals surface area contributed by atoms with Crippen molar-refractivity contribution in [1.82, 2.24) is 15.2 Å². The molecular formula is C22H22ClFN4O3S. The summed E-state index contributed by atoms with van der Waals surface area (Å²) in [6.45, 7) is 7.43. The standard InChI is InChI=1S/C22H22ClFN4O3S/c1-12-10-31-11-13(2)28(12)9-17-18(22(29)30-3)19(15-5-4-14(24)8-16(15)23)27-20(26-17)21-25-6-7-32-21/h4-8,13,19H,1,9-11H2,2-3H3,(H,26,27)/t13?,19-/m0/s1. The molecule has 1 saturated heterocycles. The van der Waals surface area contributed by atoms with Crippen molar-refractivity contribution in [2.45, 2.75) is 19.0 Å². The van der Waals surface area contributed by atoms with Gasteiger partial charge in [0.25, 0.3) is 0 Å². The summed E-state index contributed by atoms with van der Waals surface area (Å²) in [6, 6.07) is 3.29. The molecule has 0 radical (unpaired) electrons. The number of esters is 1. The predicted molar refractivity (Wildman–Crippen MR) is 121 cm³/mol. The topological polar surface area (TPSA) is 76.0 Å². The molecule has 2 aromatic rings. The third-order valence-electron chi connectivity index (χ3n) is 5.32. The molecule has 1 N–H and O–H groups in total. The first-order chi connectivity index (χ1) is 15.4. The fourth-order valence-corrected chi connectivity index (χ4v) is 4.60. The van der Waals surface area contributed by atoms with Gasteiger partial charge in [-0.2, -0.15) is 0 Å². The van der Waals surface area contributed by atoms with Gasteiger partial charge in [0.05, 0.1) is 32.4 Å². The van der Waals surface area contributed by atoms with E-state index < -0.39 is 17.8 Å². The van der Waals surface area contributed by atoms with Gasteiger partial charge in [0.1, 0.15) is 11.9 Å². The quantitative estimate of drug-likeness (QED) is 0.663. The van der Waals surface area contributed by atoms with E-state index in [1.807, 2.05) is 12.3 Å². The Labute approximate surface area is 194 Å². The molecular weight excluding hydrogens is 455 g/mol. The number of aromatic nitrogens is 1. The van der Waals surface area contributed by atoms with E-state index in [9.17, 15) is 9.18 Å². The Morgan fingerprint density at radius 3 is 2.97 bits per heavy atom. The van der Waals surface area contributed by atoms with Crippen LogP contribution in [0, 0.1) is 5.82 Å². The monoisotopic (exact) mass is 476 g/mol. The smallest absolute Gasteiger partial charge is 0.338 e. The van der Waals surface area contributed by atoms with Gasteiger partial charge in [-0.3, -0.25) is 4.99 Å². The minimum absolute atomic E-state index is 0.0551. The van der Waals surface area contributed by atoms with Crippen LogP contribution in [0.2, 0.25) is 5.02 Å². The second-order valence-electron chi connectivity index (χ2n) is 7.45. The number of nitrogens with zero attached hydrogens (tertiary/aromatic N) is 3. The number of thiazole rings is 1. The van der Waals surface area contributed by atoms with Crippen LogP contribution in [0.4, 0.5) is 4.39 Å². The summed E-state index contributed by atoms with van der Waals surface area (Å²) >= 11 is 7.79. The van der Waals surface area contributed by atoms with Gasteiger partial charge in [-0.1, -0.05) is 24.2 Å². The van der Waals surface area contributed by atoms with Crippen LogP contribution in [0.1, 0.15) is 23.5 Å². The Kier molecular flexibility index (Phi) is 6.59. The van der Waals surface area contributed by atoms with Gasteiger partial charge >= 0.3 is 5.97 Å². The van der Waals surface area contributed by atoms with Crippen LogP contribution in [-0.2, 0) is 14.3 Å². The molecule has 3 heterocycles. The number of carbonyl (C=O) groups is 1. The maximum Gasteiger partial charge on any atom is 0.338 e. The van der Waals surface area contributed by atoms with E-state index in [4.69, 9.17) is 26.1 Å². The van der Waals surface area contributed by atoms with Gasteiger partial charge in [-0.15, -0.1) is 11.3 Å². The summed E-state index contributed by atoms with van der Waals surface area (Å²) < 4.78 is 24.4. The molecule has 2 aliphatic rings. The zero-order chi connectivity index (χ0) is 22.8. The van der Waals surface area contributed by atoms with E-state index in [1.54, 1.807) is 6.20 Å². The molecule has 7 nitrogen and oxygen atoms in total. The Balaban J connectivity index is 1.84. The van der Waals surface area contributed by atoms with E-state index >= 15 is 0 Å². The summed E-state index contributed by atoms with van der Waals surface area (Å²) in [4.78, 5) is 24.1. The molecule has 32 heavy (non-hydrogen) atoms. The lowest BCUT2D eigenvalue weighted by Crippen LogP contribution is -2.46. The Morgan fingerprint density at radius 1 is 1.50 bits per heavy atom. The Hall–Kier alpha value is -2.75. The fourth-order valence-electron chi connectivity index (χ4n) is 3.74. The number of morpholine rings is 1. The summed E-state index contributed by atoms with van der Waals surface area (Å²) in [5, 5.41) is 5.94. The third-order valence-corrected chi connectivity index (χ3v) is 6.42. The molecule has 0 bridgehead atoms. The molecule has 2 atom stereocenters. The lowest BCUT2D eigenvalue weighted by atomic mass is 9.95. The van der Waals surface area contributed by atoms with Gasteiger partial charge in [-0.25, -0.2) is 14.2 Å². The number of carbonyl (C=O) groups excluding carboxylic acids is 1. The van der Waals surface area contributed by atoms with E-state index in [-0.39, 0.29) is 11.1 Å². The van der Waals surface area contributed by atoms with Crippen molar-refractivity contribution in [1.29, 1.82) is 0 Å². The predicted octanol–water partition coefficient (Wildman–Crippen LogP) is 3.69. The van der Waals surface area contributed by atoms with Gasteiger partial charge in [0, 0.05) is 39.6 Å². The van der Waals surface area contributed by atoms with Crippen LogP contribution in [-0.4, -0.2) is 54.6 Å². The molecule has 10 heteroatoms. The molecule has 0 spiro atoms. The normalized spacial score (nSPS) is 21.3. The highest BCUT2D eigenvalue weighted by molar-refractivity contribution is 7.11. The minimum Gasteiger partial charge on any atom is -0.466 e. The van der Waals surface area contributed by atoms with Crippen LogP contribution in [0.5, 0.6) is 0 Å². The van der Waals surface area contributed by atoms with Crippen molar-refractivity contribution >= 4 is 34.7 Å². The van der Waals surface area contributed by atoms with Crippen molar-refractivity contribution in [2.75, 3.05) is 26.9 Å². The van der Waals surface area contributed by atoms with Crippen LogP contribution in [0.15, 0.2) is 58.3 Å².